The number of hydrogen-bond donors (Lipinski definition) is 0. The van der Waals surface area contributed by atoms with Gasteiger partial charge in [-0.3, -0.25) is 20.2 Å². The van der Waals surface area contributed by atoms with Crippen molar-refractivity contribution >= 4 is 370 Å². The zero-order valence-corrected chi connectivity index (χ0v) is 92.7. The largest absolute Gasteiger partial charge is 0.465 e. The van der Waals surface area contributed by atoms with Crippen LogP contribution in [0, 0.1) is 163 Å². The fourth-order valence-electron chi connectivity index (χ4n) is 12.9. The Morgan fingerprint density at radius 1 is 0.300 bits per heavy atom. The Morgan fingerprint density at radius 3 is 0.760 bits per heavy atom. The summed E-state index contributed by atoms with van der Waals surface area (Å²) in [6.45, 7) is 49.8. The molecule has 0 fully saturated rings. The van der Waals surface area contributed by atoms with E-state index in [9.17, 15) is 82.9 Å². The quantitative estimate of drug-likeness (QED) is 0.0230. The fraction of sp³-hybridized carbons (Fsp3) is 0.0842. The minimum atomic E-state index is -4.62. The second-order valence-electron chi connectivity index (χ2n) is 28.4. The van der Waals surface area contributed by atoms with Crippen molar-refractivity contribution in [1.82, 2.24) is 0 Å². The fourth-order valence-corrected chi connectivity index (χ4v) is 20.6. The van der Waals surface area contributed by atoms with Gasteiger partial charge in [0.05, 0.1) is 269 Å². The highest BCUT2D eigenvalue weighted by Gasteiger charge is 2.36. The highest BCUT2D eigenvalue weighted by molar-refractivity contribution is 6.52. The van der Waals surface area contributed by atoms with Crippen LogP contribution in [-0.2, 0) is 49.4 Å². The summed E-state index contributed by atoms with van der Waals surface area (Å²) >= 11 is 164. The molecule has 12 aromatic carbocycles. The van der Waals surface area contributed by atoms with Crippen LogP contribution in [-0.4, -0.2) is 22.9 Å². The van der Waals surface area contributed by atoms with Gasteiger partial charge in [-0.15, -0.1) is 0 Å². The third-order valence-electron chi connectivity index (χ3n) is 20.1. The first-order valence-electron chi connectivity index (χ1n) is 38.3. The molecule has 0 N–H and O–H groups in total. The maximum Gasteiger partial charge on any atom is 0.416 e. The lowest BCUT2D eigenvalue weighted by atomic mass is 9.98. The molecule has 12 aromatic rings. The van der Waals surface area contributed by atoms with Crippen LogP contribution in [0.4, 0.5) is 77.5 Å². The molecular formula is C95H27Cl27F6N16O6. The Labute approximate surface area is 979 Å². The molecule has 0 heterocycles. The van der Waals surface area contributed by atoms with E-state index in [1.165, 1.54) is 43.5 Å². The van der Waals surface area contributed by atoms with Gasteiger partial charge in [0, 0.05) is 89.5 Å². The first-order chi connectivity index (χ1) is 70.4. The molecule has 22 nitrogen and oxygen atoms in total. The molecule has 754 valence electrons. The van der Waals surface area contributed by atoms with E-state index in [0.29, 0.717) is 56.6 Å². The van der Waals surface area contributed by atoms with Crippen molar-refractivity contribution in [2.45, 2.75) is 44.7 Å². The highest BCUT2D eigenvalue weighted by atomic mass is 35.5. The zero-order valence-electron chi connectivity index (χ0n) is 72.2. The Hall–Kier alpha value is -10.8. The van der Waals surface area contributed by atoms with Crippen LogP contribution < -0.4 is 0 Å². The number of nitrogens with zero attached hydrogens (tertiary/aromatic N) is 16. The summed E-state index contributed by atoms with van der Waals surface area (Å²) in [4.78, 5) is 53.6. The molecule has 0 saturated heterocycles. The molecule has 150 heavy (non-hydrogen) atoms. The number of esters is 1. The minimum absolute atomic E-state index is 0.0104. The van der Waals surface area contributed by atoms with Gasteiger partial charge in [-0.1, -0.05) is 313 Å². The number of nitro benzene ring substituents is 2. The molecule has 0 aliphatic carbocycles. The molecule has 0 saturated carbocycles. The molecule has 0 radical (unpaired) electrons. The van der Waals surface area contributed by atoms with Gasteiger partial charge in [0.15, 0.2) is 5.69 Å². The van der Waals surface area contributed by atoms with Crippen molar-refractivity contribution < 1.29 is 45.7 Å². The molecule has 0 spiro atoms. The van der Waals surface area contributed by atoms with Crippen LogP contribution in [0.15, 0.2) is 72.8 Å². The minimum Gasteiger partial charge on any atom is -0.465 e. The van der Waals surface area contributed by atoms with E-state index in [4.69, 9.17) is 364 Å². The van der Waals surface area contributed by atoms with E-state index < -0.39 is 68.4 Å². The van der Waals surface area contributed by atoms with E-state index in [1.54, 1.807) is 12.1 Å². The summed E-state index contributed by atoms with van der Waals surface area (Å²) in [5.41, 5.74) is -1.15. The number of non-ortho nitro benzene ring substituents is 2. The number of methoxy groups -OCH3 is 1. The van der Waals surface area contributed by atoms with Gasteiger partial charge >= 0.3 is 12.1 Å². The van der Waals surface area contributed by atoms with Crippen LogP contribution in [0.25, 0.3) is 33.9 Å². The van der Waals surface area contributed by atoms with E-state index in [1.807, 2.05) is 30.3 Å². The smallest absolute Gasteiger partial charge is 0.416 e. The molecule has 0 amide bonds. The number of halogens is 33. The lowest BCUT2D eigenvalue weighted by molar-refractivity contribution is -0.385. The van der Waals surface area contributed by atoms with Gasteiger partial charge in [-0.2, -0.15) is 50.0 Å². The molecule has 0 atom stereocenters. The van der Waals surface area contributed by atoms with Crippen molar-refractivity contribution in [1.29, 1.82) is 36.8 Å². The average Bonchev–Trinajstić information content (AvgIpc) is 0.791. The van der Waals surface area contributed by atoms with Crippen molar-refractivity contribution in [2.24, 2.45) is 0 Å². The number of ether oxygens (including phenoxy) is 1. The van der Waals surface area contributed by atoms with Crippen molar-refractivity contribution in [2.75, 3.05) is 7.11 Å². The number of alkyl halides is 3. The van der Waals surface area contributed by atoms with Gasteiger partial charge in [0.2, 0.25) is 34.1 Å². The van der Waals surface area contributed by atoms with Crippen LogP contribution in [0.1, 0.15) is 122 Å². The summed E-state index contributed by atoms with van der Waals surface area (Å²) in [7, 11) is 1.24. The van der Waals surface area contributed by atoms with Gasteiger partial charge < -0.3 is 4.74 Å². The molecule has 0 aliphatic heterocycles. The van der Waals surface area contributed by atoms with Crippen LogP contribution in [0.3, 0.4) is 0 Å². The molecule has 55 heteroatoms. The highest BCUT2D eigenvalue weighted by Crippen LogP contribution is 2.54. The molecular weight excluding hydrogens is 2530 g/mol. The van der Waals surface area contributed by atoms with Crippen molar-refractivity contribution in [3.05, 3.63) is 443 Å². The van der Waals surface area contributed by atoms with Crippen LogP contribution >= 0.6 is 313 Å². The molecule has 12 rings (SSSR count). The summed E-state index contributed by atoms with van der Waals surface area (Å²) in [6, 6.07) is 26.0. The van der Waals surface area contributed by atoms with Crippen LogP contribution in [0.5, 0.6) is 0 Å². The summed E-state index contributed by atoms with van der Waals surface area (Å²) < 4.78 is 85.5. The number of nitriles is 7. The van der Waals surface area contributed by atoms with Crippen molar-refractivity contribution in [3.8, 4) is 42.5 Å². The van der Waals surface area contributed by atoms with Gasteiger partial charge in [0.25, 0.3) is 11.4 Å². The Morgan fingerprint density at radius 2 is 0.527 bits per heavy atom. The Balaban J connectivity index is 0.000000243. The predicted octanol–water partition coefficient (Wildman–Crippen LogP) is 41.3. The Bertz CT molecular complexity index is 8180. The van der Waals surface area contributed by atoms with Crippen molar-refractivity contribution in [3.63, 3.8) is 0 Å². The normalized spacial score (nSPS) is 10.3. The lowest BCUT2D eigenvalue weighted by Crippen LogP contribution is -2.06. The number of rotatable bonds is 15. The van der Waals surface area contributed by atoms with Gasteiger partial charge in [-0.05, 0) is 111 Å². The SMILES string of the molecule is [C-]#[N+]c1c(Cl)c(Cl)c(Cc2c(Cl)cc(C#N)cc2Cl)c(C#N)c1Cl.[C-]#[N+]c1c(Cl)c(Cl)c(Cc2c(Cl)cc(C(=O)OC)cc2Cl)c(C#N)c1Cl.[C-]#[N+]c1c(Cl)c(Cl)c(Cc2c(Cl)cc(C(F)(F)F)cc2Cl)c(C#N)c1Cl.[C-]#[N+]c1c(Cl)c(Cl)c(Cc2c(F)cc([N+](=O)[O-])cc2Cl)c(C#N)c1Cl.[C-]#[N+]c1c(Cl)c(Cl)c(Cc2c(F)cc([N+](=O)[O-])cc2F)c(C#N)c1Cl.[C-]#[N+]c1cc(Cl)cc(Cl)c1Cc1c(Cl)c(Cl)c([N+]#[C-])c(Cl)c1C#N. The topological polar surface area (TPSA) is 310 Å². The number of carbonyl (C=O) groups is 1. The van der Waals surface area contributed by atoms with E-state index >= 15 is 0 Å². The maximum absolute atomic E-state index is 14.2. The summed E-state index contributed by atoms with van der Waals surface area (Å²) in [5.74, 6) is -3.91. The van der Waals surface area contributed by atoms with E-state index in [2.05, 4.69) is 38.7 Å². The predicted molar refractivity (Wildman–Crippen MR) is 576 cm³/mol. The lowest BCUT2D eigenvalue weighted by Gasteiger charge is -2.16. The monoisotopic (exact) mass is 2550 g/mol. The molecule has 0 aromatic heterocycles. The third kappa shape index (κ3) is 28.0. The standard InChI is InChI=1S/C17H7Cl5N2O2.C16H4Cl5F3N2.2C16H4Cl5N3.C15H4Cl4FN3O2.C15H4Cl3F2N3O2/c1-24-16-14(21)10(6-23)8(13(20)15(16)22)5-9-11(18)3-7(4-12(9)19)17(25)26-2;1-26-15-13(20)9(5-25)7(12(19)14(15)21)4-8-10(17)2-6(3-11(8)18)16(22,23)24;1-23-12-4-7(17)3-11(18)9(12)5-8-10(6-22)14(20)16(24-2)15(21)13(8)19;1-24-16-14(20)10(6-23)8(13(19)15(16)21)4-9-11(17)2-7(5-22)3-12(9)18;1-22-15-13(18)9(5-21)7(12(17)14(15)19)4-8-10(16)2-6(23(24)25)3-11(8)20;1-22-15-13(17)9(5-21)7(12(16)14(15)18)4-8-10(19)2-6(23(24)25)3-11(8)20/h3-4H,5H2,2H3;2-3H,4H2;3-4H,5H2;2-3H,4H2;2*2-3H,4H2. The molecule has 0 aliphatic rings. The second-order valence-corrected chi connectivity index (χ2v) is 38.9. The summed E-state index contributed by atoms with van der Waals surface area (Å²) in [6.07, 6.45) is -5.49. The maximum atomic E-state index is 14.2. The number of benzene rings is 12. The van der Waals surface area contributed by atoms with E-state index in [0.717, 1.165) is 18.2 Å². The summed E-state index contributed by atoms with van der Waals surface area (Å²) in [5, 5.41) is 85.1. The average molecular weight is 2560 g/mol. The molecule has 0 unspecified atom stereocenters. The zero-order chi connectivity index (χ0) is 113. The van der Waals surface area contributed by atoms with Gasteiger partial charge in [-0.25, -0.2) is 51.9 Å². The number of nitro groups is 2. The van der Waals surface area contributed by atoms with Crippen LogP contribution in [0.2, 0.25) is 136 Å². The third-order valence-corrected chi connectivity index (χ3v) is 30.5. The number of carbonyl (C=O) groups excluding carboxylic acids is 1. The Kier molecular flexibility index (Phi) is 46.3. The van der Waals surface area contributed by atoms with Gasteiger partial charge in [0.1, 0.15) is 17.5 Å². The molecule has 0 bridgehead atoms. The first kappa shape index (κ1) is 126. The van der Waals surface area contributed by atoms with E-state index in [-0.39, 0.29) is 275 Å². The number of hydrogen-bond acceptors (Lipinski definition) is 13. The second kappa shape index (κ2) is 55.1. The first-order valence-corrected chi connectivity index (χ1v) is 48.6.